The first kappa shape index (κ1) is 14.3. The number of rotatable bonds is 3. The Morgan fingerprint density at radius 2 is 1.38 bits per heavy atom. The Morgan fingerprint density at radius 3 is 2.00 bits per heavy atom. The molecule has 1 N–H and O–H groups in total. The molecule has 4 rings (SSSR count). The third-order valence-corrected chi connectivity index (χ3v) is 4.18. The minimum Gasteiger partial charge on any atom is -0.545 e. The normalized spacial score (nSPS) is 10.8. The Balaban J connectivity index is 2.11. The summed E-state index contributed by atoms with van der Waals surface area (Å²) in [5.74, 6) is -1.18. The van der Waals surface area contributed by atoms with Gasteiger partial charge in [0.1, 0.15) is 0 Å². The molecular formula is C21H14NO2-. The average Bonchev–Trinajstić information content (AvgIpc) is 3.02. The van der Waals surface area contributed by atoms with Gasteiger partial charge < -0.3 is 14.9 Å². The van der Waals surface area contributed by atoms with Crippen molar-refractivity contribution >= 4 is 16.9 Å². The summed E-state index contributed by atoms with van der Waals surface area (Å²) in [6, 6.07) is 25.1. The summed E-state index contributed by atoms with van der Waals surface area (Å²) >= 11 is 0. The van der Waals surface area contributed by atoms with Crippen molar-refractivity contribution in [3.63, 3.8) is 0 Å². The smallest absolute Gasteiger partial charge is 0.0736 e. The fraction of sp³-hybridized carbons (Fsp3) is 0. The highest BCUT2D eigenvalue weighted by atomic mass is 16.4. The van der Waals surface area contributed by atoms with Crippen molar-refractivity contribution in [2.24, 2.45) is 0 Å². The van der Waals surface area contributed by atoms with Crippen LogP contribution in [0.5, 0.6) is 0 Å². The van der Waals surface area contributed by atoms with E-state index in [0.29, 0.717) is 5.52 Å². The summed E-state index contributed by atoms with van der Waals surface area (Å²) in [5.41, 5.74) is 4.72. The molecule has 0 fully saturated rings. The number of H-pyrrole nitrogens is 1. The maximum absolute atomic E-state index is 11.5. The van der Waals surface area contributed by atoms with Crippen LogP contribution < -0.4 is 5.11 Å². The molecule has 1 aromatic heterocycles. The summed E-state index contributed by atoms with van der Waals surface area (Å²) in [6.07, 6.45) is 0. The molecule has 0 saturated heterocycles. The van der Waals surface area contributed by atoms with Crippen LogP contribution in [0.4, 0.5) is 0 Å². The van der Waals surface area contributed by atoms with E-state index in [9.17, 15) is 9.90 Å². The number of hydrogen-bond acceptors (Lipinski definition) is 2. The van der Waals surface area contributed by atoms with Crippen molar-refractivity contribution in [2.45, 2.75) is 0 Å². The van der Waals surface area contributed by atoms with E-state index in [1.165, 1.54) is 0 Å². The van der Waals surface area contributed by atoms with Crippen LogP contribution in [0.15, 0.2) is 78.9 Å². The molecule has 0 amide bonds. The second-order valence-electron chi connectivity index (χ2n) is 5.62. The second-order valence-corrected chi connectivity index (χ2v) is 5.62. The highest BCUT2D eigenvalue weighted by Gasteiger charge is 2.16. The number of fused-ring (bicyclic) bond motifs is 1. The zero-order valence-corrected chi connectivity index (χ0v) is 12.8. The molecule has 0 saturated carbocycles. The van der Waals surface area contributed by atoms with Gasteiger partial charge in [-0.25, -0.2) is 0 Å². The number of aromatic carboxylic acids is 1. The Kier molecular flexibility index (Phi) is 3.39. The van der Waals surface area contributed by atoms with Gasteiger partial charge in [-0.15, -0.1) is 0 Å². The van der Waals surface area contributed by atoms with Crippen LogP contribution in [0.2, 0.25) is 0 Å². The lowest BCUT2D eigenvalue weighted by Gasteiger charge is -2.06. The number of benzene rings is 3. The van der Waals surface area contributed by atoms with Crippen molar-refractivity contribution in [1.29, 1.82) is 0 Å². The maximum atomic E-state index is 11.5. The van der Waals surface area contributed by atoms with Crippen molar-refractivity contribution in [1.82, 2.24) is 4.98 Å². The summed E-state index contributed by atoms with van der Waals surface area (Å²) in [5, 5.41) is 12.4. The Bertz CT molecular complexity index is 1020. The van der Waals surface area contributed by atoms with Gasteiger partial charge >= 0.3 is 0 Å². The lowest BCUT2D eigenvalue weighted by molar-refractivity contribution is -0.254. The first-order valence-corrected chi connectivity index (χ1v) is 7.72. The molecule has 0 radical (unpaired) electrons. The van der Waals surface area contributed by atoms with Crippen LogP contribution in [0.1, 0.15) is 10.4 Å². The van der Waals surface area contributed by atoms with E-state index in [1.54, 1.807) is 12.1 Å². The minimum atomic E-state index is -1.18. The Morgan fingerprint density at radius 1 is 0.750 bits per heavy atom. The van der Waals surface area contributed by atoms with Gasteiger partial charge in [0.2, 0.25) is 0 Å². The van der Waals surface area contributed by atoms with Crippen molar-refractivity contribution in [3.05, 3.63) is 84.4 Å². The highest BCUT2D eigenvalue weighted by Crippen LogP contribution is 2.39. The molecule has 0 spiro atoms. The van der Waals surface area contributed by atoms with Gasteiger partial charge in [0.05, 0.1) is 17.2 Å². The van der Waals surface area contributed by atoms with Gasteiger partial charge in [-0.2, -0.15) is 0 Å². The summed E-state index contributed by atoms with van der Waals surface area (Å²) in [6.45, 7) is 0. The third kappa shape index (κ3) is 2.27. The van der Waals surface area contributed by atoms with Crippen LogP contribution in [0, 0.1) is 0 Å². The van der Waals surface area contributed by atoms with Gasteiger partial charge in [-0.3, -0.25) is 0 Å². The van der Waals surface area contributed by atoms with Crippen LogP contribution in [-0.2, 0) is 0 Å². The van der Waals surface area contributed by atoms with Crippen LogP contribution >= 0.6 is 0 Å². The first-order valence-electron chi connectivity index (χ1n) is 7.72. The standard InChI is InChI=1S/C21H15NO2/c23-21(24)17-13-7-12-16-18(14-8-3-1-4-9-14)19(22-20(16)17)15-10-5-2-6-11-15/h1-13,22H,(H,23,24)/p-1. The van der Waals surface area contributed by atoms with Gasteiger partial charge in [-0.1, -0.05) is 78.9 Å². The third-order valence-electron chi connectivity index (χ3n) is 4.18. The van der Waals surface area contributed by atoms with Crippen molar-refractivity contribution < 1.29 is 9.90 Å². The largest absolute Gasteiger partial charge is 0.545 e. The monoisotopic (exact) mass is 312 g/mol. The topological polar surface area (TPSA) is 55.9 Å². The molecule has 0 aliphatic carbocycles. The molecule has 24 heavy (non-hydrogen) atoms. The van der Waals surface area contributed by atoms with E-state index in [2.05, 4.69) is 4.98 Å². The highest BCUT2D eigenvalue weighted by molar-refractivity contribution is 6.10. The van der Waals surface area contributed by atoms with E-state index < -0.39 is 5.97 Å². The number of carbonyl (C=O) groups excluding carboxylic acids is 1. The number of aromatic nitrogens is 1. The average molecular weight is 312 g/mol. The maximum Gasteiger partial charge on any atom is 0.0736 e. The van der Waals surface area contributed by atoms with Crippen LogP contribution in [0.3, 0.4) is 0 Å². The molecular weight excluding hydrogens is 298 g/mol. The molecule has 0 atom stereocenters. The number of carboxylic acid groups (broad SMARTS) is 1. The lowest BCUT2D eigenvalue weighted by Crippen LogP contribution is -2.22. The van der Waals surface area contributed by atoms with Crippen molar-refractivity contribution in [3.8, 4) is 22.4 Å². The quantitative estimate of drug-likeness (QED) is 0.624. The molecule has 3 nitrogen and oxygen atoms in total. The zero-order chi connectivity index (χ0) is 16.5. The Labute approximate surface area is 139 Å². The Hall–Kier alpha value is -3.33. The molecule has 3 heteroatoms. The summed E-state index contributed by atoms with van der Waals surface area (Å²) in [7, 11) is 0. The molecule has 0 unspecified atom stereocenters. The van der Waals surface area contributed by atoms with Gasteiger partial charge in [0.25, 0.3) is 0 Å². The molecule has 116 valence electrons. The summed E-state index contributed by atoms with van der Waals surface area (Å²) in [4.78, 5) is 14.8. The predicted octanol–water partition coefficient (Wildman–Crippen LogP) is 3.87. The first-order chi connectivity index (χ1) is 11.8. The number of hydrogen-bond donors (Lipinski definition) is 1. The number of carbonyl (C=O) groups is 1. The molecule has 1 heterocycles. The molecule has 3 aromatic carbocycles. The number of nitrogens with one attached hydrogen (secondary N) is 1. The van der Waals surface area contributed by atoms with E-state index >= 15 is 0 Å². The fourth-order valence-electron chi connectivity index (χ4n) is 3.11. The van der Waals surface area contributed by atoms with E-state index in [4.69, 9.17) is 0 Å². The van der Waals surface area contributed by atoms with Crippen molar-refractivity contribution in [2.75, 3.05) is 0 Å². The van der Waals surface area contributed by atoms with E-state index in [1.807, 2.05) is 66.7 Å². The second kappa shape index (κ2) is 5.70. The molecule has 0 bridgehead atoms. The van der Waals surface area contributed by atoms with Crippen LogP contribution in [-0.4, -0.2) is 11.0 Å². The van der Waals surface area contributed by atoms with Gasteiger partial charge in [-0.05, 0) is 11.1 Å². The SMILES string of the molecule is O=C([O-])c1cccc2c(-c3ccccc3)c(-c3ccccc3)[nH]c12. The summed E-state index contributed by atoms with van der Waals surface area (Å²) < 4.78 is 0. The number of aromatic amines is 1. The van der Waals surface area contributed by atoms with Gasteiger partial charge in [0, 0.05) is 16.5 Å². The zero-order valence-electron chi connectivity index (χ0n) is 12.8. The van der Waals surface area contributed by atoms with Crippen LogP contribution in [0.25, 0.3) is 33.3 Å². The van der Waals surface area contributed by atoms with Gasteiger partial charge in [0.15, 0.2) is 0 Å². The number of carboxylic acids is 1. The van der Waals surface area contributed by atoms with E-state index in [-0.39, 0.29) is 5.56 Å². The molecule has 0 aliphatic rings. The lowest BCUT2D eigenvalue weighted by atomic mass is 9.98. The minimum absolute atomic E-state index is 0.173. The molecule has 0 aliphatic heterocycles. The predicted molar refractivity (Wildman–Crippen MR) is 93.5 cm³/mol. The van der Waals surface area contributed by atoms with E-state index in [0.717, 1.165) is 27.8 Å². The molecule has 4 aromatic rings. The number of para-hydroxylation sites is 1. The fourth-order valence-corrected chi connectivity index (χ4v) is 3.11.